The molecule has 0 unspecified atom stereocenters. The average Bonchev–Trinajstić information content (AvgIpc) is 2.77. The molecule has 0 saturated heterocycles. The fourth-order valence-electron chi connectivity index (χ4n) is 3.53. The molecule has 0 radical (unpaired) electrons. The summed E-state index contributed by atoms with van der Waals surface area (Å²) in [5.41, 5.74) is 3.05. The Balaban J connectivity index is 2.34. The molecule has 0 aromatic heterocycles. The maximum atomic E-state index is 12.9. The zero-order chi connectivity index (χ0) is 23.0. The zero-order valence-electron chi connectivity index (χ0n) is 18.5. The molecule has 0 fully saturated rings. The van der Waals surface area contributed by atoms with E-state index in [9.17, 15) is 14.9 Å². The normalized spacial score (nSPS) is 11.6. The van der Waals surface area contributed by atoms with Crippen LogP contribution in [0.25, 0.3) is 11.1 Å². The smallest absolute Gasteiger partial charge is 0.328 e. The predicted molar refractivity (Wildman–Crippen MR) is 122 cm³/mol. The highest BCUT2D eigenvalue weighted by molar-refractivity contribution is 6.30. The highest BCUT2D eigenvalue weighted by atomic mass is 35.5. The van der Waals surface area contributed by atoms with Crippen molar-refractivity contribution in [2.75, 3.05) is 7.11 Å². The number of nitriles is 1. The van der Waals surface area contributed by atoms with E-state index in [2.05, 4.69) is 6.07 Å². The summed E-state index contributed by atoms with van der Waals surface area (Å²) in [6, 6.07) is 14.3. The van der Waals surface area contributed by atoms with Crippen LogP contribution >= 0.6 is 11.6 Å². The highest BCUT2D eigenvalue weighted by Crippen LogP contribution is 2.28. The van der Waals surface area contributed by atoms with Crippen molar-refractivity contribution < 1.29 is 14.3 Å². The summed E-state index contributed by atoms with van der Waals surface area (Å²) in [6.45, 7) is 6.16. The van der Waals surface area contributed by atoms with Gasteiger partial charge in [-0.25, -0.2) is 4.79 Å². The van der Waals surface area contributed by atoms with Gasteiger partial charge >= 0.3 is 5.97 Å². The summed E-state index contributed by atoms with van der Waals surface area (Å²) in [5.74, 6) is -0.548. The van der Waals surface area contributed by atoms with Crippen molar-refractivity contribution in [2.24, 2.45) is 5.92 Å². The van der Waals surface area contributed by atoms with Gasteiger partial charge in [0.25, 0.3) is 0 Å². The number of esters is 1. The standard InChI is InChI=1S/C25H29ClN2O3/c1-5-6-7-23(29)28(24(17(2)3)25(30)31-4)16-18-8-10-19(11-9-18)22-14-21(26)13-12-20(22)15-27/h8-14,17,24H,5-7,16H2,1-4H3/t24-/m0/s1. The van der Waals surface area contributed by atoms with Crippen molar-refractivity contribution >= 4 is 23.5 Å². The van der Waals surface area contributed by atoms with E-state index >= 15 is 0 Å². The van der Waals surface area contributed by atoms with Crippen LogP contribution in [0.15, 0.2) is 42.5 Å². The molecule has 164 valence electrons. The topological polar surface area (TPSA) is 70.4 Å². The first-order valence-corrected chi connectivity index (χ1v) is 10.9. The SMILES string of the molecule is CCCCC(=O)N(Cc1ccc(-c2cc(Cl)ccc2C#N)cc1)[C@H](C(=O)OC)C(C)C. The van der Waals surface area contributed by atoms with Crippen molar-refractivity contribution in [1.82, 2.24) is 4.90 Å². The second kappa shape index (κ2) is 11.5. The van der Waals surface area contributed by atoms with E-state index < -0.39 is 12.0 Å². The lowest BCUT2D eigenvalue weighted by molar-refractivity contribution is -0.155. The molecule has 1 amide bonds. The molecule has 6 heteroatoms. The third-order valence-electron chi connectivity index (χ3n) is 5.19. The first-order valence-electron chi connectivity index (χ1n) is 10.5. The van der Waals surface area contributed by atoms with E-state index in [1.165, 1.54) is 7.11 Å². The van der Waals surface area contributed by atoms with Crippen molar-refractivity contribution in [3.8, 4) is 17.2 Å². The third-order valence-corrected chi connectivity index (χ3v) is 5.43. The zero-order valence-corrected chi connectivity index (χ0v) is 19.3. The summed E-state index contributed by atoms with van der Waals surface area (Å²) in [5, 5.41) is 9.94. The van der Waals surface area contributed by atoms with E-state index in [4.69, 9.17) is 16.3 Å². The molecule has 0 heterocycles. The Kier molecular flexibility index (Phi) is 9.08. The Hall–Kier alpha value is -2.84. The summed E-state index contributed by atoms with van der Waals surface area (Å²) in [4.78, 5) is 27.0. The number of hydrogen-bond acceptors (Lipinski definition) is 4. The minimum absolute atomic E-state index is 0.0587. The van der Waals surface area contributed by atoms with Crippen molar-refractivity contribution in [3.63, 3.8) is 0 Å². The van der Waals surface area contributed by atoms with Crippen molar-refractivity contribution in [2.45, 2.75) is 52.6 Å². The number of nitrogens with zero attached hydrogens (tertiary/aromatic N) is 2. The molecular formula is C25H29ClN2O3. The van der Waals surface area contributed by atoms with Crippen LogP contribution in [0.4, 0.5) is 0 Å². The molecule has 31 heavy (non-hydrogen) atoms. The summed E-state index contributed by atoms with van der Waals surface area (Å²) >= 11 is 6.11. The monoisotopic (exact) mass is 440 g/mol. The molecule has 0 bridgehead atoms. The second-order valence-electron chi connectivity index (χ2n) is 7.84. The molecule has 2 aromatic rings. The number of unbranched alkanes of at least 4 members (excludes halogenated alkanes) is 1. The number of ether oxygens (including phenoxy) is 1. The second-order valence-corrected chi connectivity index (χ2v) is 8.27. The Morgan fingerprint density at radius 2 is 1.84 bits per heavy atom. The number of halogens is 1. The van der Waals surface area contributed by atoms with Crippen LogP contribution in [-0.2, 0) is 20.9 Å². The maximum Gasteiger partial charge on any atom is 0.328 e. The van der Waals surface area contributed by atoms with E-state index in [1.54, 1.807) is 23.1 Å². The maximum absolute atomic E-state index is 12.9. The molecule has 0 spiro atoms. The van der Waals surface area contributed by atoms with E-state index in [0.717, 1.165) is 29.5 Å². The number of hydrogen-bond donors (Lipinski definition) is 0. The summed E-state index contributed by atoms with van der Waals surface area (Å²) in [6.07, 6.45) is 2.06. The van der Waals surface area contributed by atoms with Crippen LogP contribution in [0.1, 0.15) is 51.2 Å². The van der Waals surface area contributed by atoms with Crippen molar-refractivity contribution in [1.29, 1.82) is 5.26 Å². The van der Waals surface area contributed by atoms with Gasteiger partial charge < -0.3 is 9.64 Å². The Morgan fingerprint density at radius 3 is 2.39 bits per heavy atom. The molecule has 2 rings (SSSR count). The van der Waals surface area contributed by atoms with Gasteiger partial charge in [-0.15, -0.1) is 0 Å². The number of rotatable bonds is 9. The molecule has 0 N–H and O–H groups in total. The van der Waals surface area contributed by atoms with E-state index in [0.29, 0.717) is 23.6 Å². The van der Waals surface area contributed by atoms with Crippen LogP contribution in [0, 0.1) is 17.2 Å². The molecule has 0 saturated carbocycles. The number of methoxy groups -OCH3 is 1. The highest BCUT2D eigenvalue weighted by Gasteiger charge is 2.33. The lowest BCUT2D eigenvalue weighted by Crippen LogP contribution is -2.48. The third kappa shape index (κ3) is 6.32. The molecule has 0 aliphatic heterocycles. The summed E-state index contributed by atoms with van der Waals surface area (Å²) < 4.78 is 4.98. The number of amides is 1. The largest absolute Gasteiger partial charge is 0.467 e. The number of carbonyl (C=O) groups is 2. The van der Waals surface area contributed by atoms with Gasteiger partial charge in [0.15, 0.2) is 0 Å². The van der Waals surface area contributed by atoms with Crippen LogP contribution in [-0.4, -0.2) is 29.9 Å². The van der Waals surface area contributed by atoms with Crippen LogP contribution < -0.4 is 0 Å². The number of carbonyl (C=O) groups excluding carboxylic acids is 2. The molecular weight excluding hydrogens is 412 g/mol. The van der Waals surface area contributed by atoms with Crippen molar-refractivity contribution in [3.05, 3.63) is 58.6 Å². The van der Waals surface area contributed by atoms with Gasteiger partial charge in [-0.1, -0.05) is 63.1 Å². The first kappa shape index (κ1) is 24.4. The minimum Gasteiger partial charge on any atom is -0.467 e. The minimum atomic E-state index is -0.646. The lowest BCUT2D eigenvalue weighted by atomic mass is 9.98. The predicted octanol–water partition coefficient (Wildman–Crippen LogP) is 5.60. The fraction of sp³-hybridized carbons (Fsp3) is 0.400. The van der Waals surface area contributed by atoms with E-state index in [-0.39, 0.29) is 11.8 Å². The molecule has 1 atom stereocenters. The molecule has 2 aromatic carbocycles. The van der Waals surface area contributed by atoms with Gasteiger partial charge in [0, 0.05) is 23.6 Å². The summed E-state index contributed by atoms with van der Waals surface area (Å²) in [7, 11) is 1.35. The van der Waals surface area contributed by atoms with Gasteiger partial charge in [-0.2, -0.15) is 5.26 Å². The fourth-order valence-corrected chi connectivity index (χ4v) is 3.70. The van der Waals surface area contributed by atoms with Gasteiger partial charge in [0.1, 0.15) is 6.04 Å². The molecule has 5 nitrogen and oxygen atoms in total. The Morgan fingerprint density at radius 1 is 1.16 bits per heavy atom. The van der Waals surface area contributed by atoms with Gasteiger partial charge in [0.05, 0.1) is 18.7 Å². The van der Waals surface area contributed by atoms with E-state index in [1.807, 2.05) is 45.0 Å². The van der Waals surface area contributed by atoms with Crippen LogP contribution in [0.3, 0.4) is 0 Å². The van der Waals surface area contributed by atoms with Crippen LogP contribution in [0.5, 0.6) is 0 Å². The first-order chi connectivity index (χ1) is 14.8. The van der Waals surface area contributed by atoms with Crippen LogP contribution in [0.2, 0.25) is 5.02 Å². The number of benzene rings is 2. The van der Waals surface area contributed by atoms with Gasteiger partial charge in [-0.3, -0.25) is 4.79 Å². The molecule has 0 aliphatic carbocycles. The lowest BCUT2D eigenvalue weighted by Gasteiger charge is -2.32. The van der Waals surface area contributed by atoms with Gasteiger partial charge in [0.2, 0.25) is 5.91 Å². The quantitative estimate of drug-likeness (QED) is 0.476. The van der Waals surface area contributed by atoms with Gasteiger partial charge in [-0.05, 0) is 41.7 Å². The Labute approximate surface area is 189 Å². The molecule has 0 aliphatic rings. The average molecular weight is 441 g/mol. The Bertz CT molecular complexity index is 948.